The first-order valence-corrected chi connectivity index (χ1v) is 11.8. The lowest BCUT2D eigenvalue weighted by Crippen LogP contribution is -2.65. The predicted molar refractivity (Wildman–Crippen MR) is 109 cm³/mol. The van der Waals surface area contributed by atoms with Crippen LogP contribution in [-0.4, -0.2) is 33.5 Å². The first-order valence-electron chi connectivity index (χ1n) is 11.8. The van der Waals surface area contributed by atoms with E-state index in [9.17, 15) is 15.0 Å². The maximum atomic E-state index is 11.5. The summed E-state index contributed by atoms with van der Waals surface area (Å²) in [6.07, 6.45) is 9.29. The summed E-state index contributed by atoms with van der Waals surface area (Å²) in [5.41, 5.74) is -0.105. The minimum atomic E-state index is -0.737. The second-order valence-corrected chi connectivity index (χ2v) is 11.2. The minimum Gasteiger partial charge on any atom is -0.481 e. The summed E-state index contributed by atoms with van der Waals surface area (Å²) in [6.45, 7) is 6.78. The molecular weight excluding hydrogens is 352 g/mol. The van der Waals surface area contributed by atoms with Crippen LogP contribution in [0.15, 0.2) is 0 Å². The molecular formula is C24H40O4. The van der Waals surface area contributed by atoms with Gasteiger partial charge in [-0.1, -0.05) is 33.6 Å². The minimum absolute atomic E-state index is 0.176. The first-order chi connectivity index (χ1) is 13.2. The fourth-order valence-corrected chi connectivity index (χ4v) is 8.88. The van der Waals surface area contributed by atoms with Crippen LogP contribution in [0.3, 0.4) is 0 Å². The van der Waals surface area contributed by atoms with Gasteiger partial charge >= 0.3 is 5.97 Å². The van der Waals surface area contributed by atoms with Crippen LogP contribution in [0.25, 0.3) is 0 Å². The average Bonchev–Trinajstić information content (AvgIpc) is 3.01. The second-order valence-electron chi connectivity index (χ2n) is 11.2. The molecule has 10 atom stereocenters. The standard InChI is InChI=1S/C24H40O4/c1-14(7-12-19(25)26)17-10-11-18-16-9-8-15-6-4-5-13-23(15,2)20(16)21(27)22(28)24(17,18)3/h14-18,20-22,27-28H,4-13H2,1-3H3,(H,25,26)/t14-,15?,16+,17-,18+,20-,21?,22?,23+,24-/m1/s1. The zero-order chi connectivity index (χ0) is 20.3. The van der Waals surface area contributed by atoms with Gasteiger partial charge in [0.05, 0.1) is 12.2 Å². The maximum absolute atomic E-state index is 11.5. The van der Waals surface area contributed by atoms with Gasteiger partial charge in [0, 0.05) is 11.8 Å². The van der Waals surface area contributed by atoms with Gasteiger partial charge in [-0.2, -0.15) is 0 Å². The summed E-state index contributed by atoms with van der Waals surface area (Å²) in [5.74, 6) is 1.75. The largest absolute Gasteiger partial charge is 0.481 e. The van der Waals surface area contributed by atoms with Gasteiger partial charge in [0.15, 0.2) is 0 Å². The quantitative estimate of drug-likeness (QED) is 0.659. The summed E-state index contributed by atoms with van der Waals surface area (Å²) in [6, 6.07) is 0. The first kappa shape index (κ1) is 20.7. The summed E-state index contributed by atoms with van der Waals surface area (Å²) < 4.78 is 0. The molecule has 0 saturated heterocycles. The Morgan fingerprint density at radius 2 is 1.82 bits per heavy atom. The third-order valence-corrected chi connectivity index (χ3v) is 10.3. The van der Waals surface area contributed by atoms with E-state index in [-0.39, 0.29) is 29.1 Å². The molecule has 3 unspecified atom stereocenters. The van der Waals surface area contributed by atoms with E-state index in [2.05, 4.69) is 20.8 Å². The van der Waals surface area contributed by atoms with Gasteiger partial charge in [0.2, 0.25) is 0 Å². The van der Waals surface area contributed by atoms with Gasteiger partial charge in [-0.25, -0.2) is 0 Å². The molecule has 4 saturated carbocycles. The Balaban J connectivity index is 1.62. The van der Waals surface area contributed by atoms with Crippen LogP contribution in [0.5, 0.6) is 0 Å². The van der Waals surface area contributed by atoms with Crippen LogP contribution >= 0.6 is 0 Å². The van der Waals surface area contributed by atoms with E-state index in [1.807, 2.05) is 0 Å². The predicted octanol–water partition coefficient (Wildman–Crippen LogP) is 4.48. The SMILES string of the molecule is C[C@H](CCC(=O)O)[C@H]1CC[C@H]2[C@@H]3CCC4CCCC[C@]4(C)[C@H]3C(O)C(O)[C@]12C. The lowest BCUT2D eigenvalue weighted by atomic mass is 9.43. The number of hydrogen-bond donors (Lipinski definition) is 3. The van der Waals surface area contributed by atoms with E-state index < -0.39 is 18.2 Å². The number of carboxylic acids is 1. The van der Waals surface area contributed by atoms with Crippen molar-refractivity contribution in [2.75, 3.05) is 0 Å². The molecule has 0 aromatic rings. The van der Waals surface area contributed by atoms with Crippen molar-refractivity contribution >= 4 is 5.97 Å². The Hall–Kier alpha value is -0.610. The molecule has 0 bridgehead atoms. The molecule has 0 spiro atoms. The van der Waals surface area contributed by atoms with Crippen molar-refractivity contribution < 1.29 is 20.1 Å². The zero-order valence-electron chi connectivity index (χ0n) is 17.9. The number of carboxylic acid groups (broad SMARTS) is 1. The molecule has 28 heavy (non-hydrogen) atoms. The Bertz CT molecular complexity index is 605. The fourth-order valence-electron chi connectivity index (χ4n) is 8.88. The zero-order valence-corrected chi connectivity index (χ0v) is 17.9. The number of aliphatic carboxylic acids is 1. The van der Waals surface area contributed by atoms with E-state index in [1.165, 1.54) is 38.5 Å². The molecule has 0 heterocycles. The molecule has 0 aromatic heterocycles. The monoisotopic (exact) mass is 392 g/mol. The average molecular weight is 393 g/mol. The third-order valence-electron chi connectivity index (χ3n) is 10.3. The molecule has 4 aliphatic rings. The summed E-state index contributed by atoms with van der Waals surface area (Å²) in [7, 11) is 0. The van der Waals surface area contributed by atoms with Crippen LogP contribution in [0.1, 0.15) is 85.0 Å². The Morgan fingerprint density at radius 3 is 2.54 bits per heavy atom. The van der Waals surface area contributed by atoms with Crippen molar-refractivity contribution in [3.8, 4) is 0 Å². The number of fused-ring (bicyclic) bond motifs is 5. The van der Waals surface area contributed by atoms with E-state index in [4.69, 9.17) is 5.11 Å². The number of hydrogen-bond acceptors (Lipinski definition) is 3. The van der Waals surface area contributed by atoms with Gasteiger partial charge in [0.25, 0.3) is 0 Å². The summed E-state index contributed by atoms with van der Waals surface area (Å²) >= 11 is 0. The van der Waals surface area contributed by atoms with E-state index in [0.717, 1.165) is 12.8 Å². The highest BCUT2D eigenvalue weighted by molar-refractivity contribution is 5.66. The Labute approximate surface area is 170 Å². The molecule has 4 aliphatic carbocycles. The summed E-state index contributed by atoms with van der Waals surface area (Å²) in [5, 5.41) is 32.0. The van der Waals surface area contributed by atoms with Crippen LogP contribution in [0, 0.1) is 46.3 Å². The van der Waals surface area contributed by atoms with Gasteiger partial charge < -0.3 is 15.3 Å². The fraction of sp³-hybridized carbons (Fsp3) is 0.958. The lowest BCUT2D eigenvalue weighted by Gasteiger charge is -2.63. The molecule has 0 aromatic carbocycles. The highest BCUT2D eigenvalue weighted by Crippen LogP contribution is 2.68. The molecule has 3 N–H and O–H groups in total. The topological polar surface area (TPSA) is 77.8 Å². The Morgan fingerprint density at radius 1 is 1.07 bits per heavy atom. The third kappa shape index (κ3) is 2.88. The molecule has 4 nitrogen and oxygen atoms in total. The van der Waals surface area contributed by atoms with E-state index in [1.54, 1.807) is 0 Å². The van der Waals surface area contributed by atoms with Gasteiger partial charge in [-0.3, -0.25) is 4.79 Å². The summed E-state index contributed by atoms with van der Waals surface area (Å²) in [4.78, 5) is 11.1. The number of aliphatic hydroxyl groups excluding tert-OH is 2. The normalized spacial score (nSPS) is 51.7. The maximum Gasteiger partial charge on any atom is 0.303 e. The van der Waals surface area contributed by atoms with Gasteiger partial charge in [0.1, 0.15) is 0 Å². The van der Waals surface area contributed by atoms with Crippen LogP contribution in [0.2, 0.25) is 0 Å². The van der Waals surface area contributed by atoms with Crippen molar-refractivity contribution in [2.45, 2.75) is 97.2 Å². The highest BCUT2D eigenvalue weighted by atomic mass is 16.4. The van der Waals surface area contributed by atoms with Crippen molar-refractivity contribution in [2.24, 2.45) is 46.3 Å². The highest BCUT2D eigenvalue weighted by Gasteiger charge is 2.66. The smallest absolute Gasteiger partial charge is 0.303 e. The van der Waals surface area contributed by atoms with E-state index in [0.29, 0.717) is 30.1 Å². The molecule has 0 radical (unpaired) electrons. The lowest BCUT2D eigenvalue weighted by molar-refractivity contribution is -0.227. The van der Waals surface area contributed by atoms with E-state index >= 15 is 0 Å². The van der Waals surface area contributed by atoms with Gasteiger partial charge in [-0.15, -0.1) is 0 Å². The van der Waals surface area contributed by atoms with Crippen LogP contribution < -0.4 is 0 Å². The molecule has 4 heteroatoms. The number of aliphatic hydroxyl groups is 2. The van der Waals surface area contributed by atoms with Crippen molar-refractivity contribution in [1.29, 1.82) is 0 Å². The molecule has 4 rings (SSSR count). The molecule has 0 aliphatic heterocycles. The number of carbonyl (C=O) groups is 1. The molecule has 4 fully saturated rings. The Kier molecular flexibility index (Phi) is 5.36. The van der Waals surface area contributed by atoms with Crippen molar-refractivity contribution in [1.82, 2.24) is 0 Å². The van der Waals surface area contributed by atoms with Crippen LogP contribution in [-0.2, 0) is 4.79 Å². The number of rotatable bonds is 4. The second kappa shape index (κ2) is 7.27. The van der Waals surface area contributed by atoms with Gasteiger partial charge in [-0.05, 0) is 85.9 Å². The molecule has 160 valence electrons. The van der Waals surface area contributed by atoms with Crippen molar-refractivity contribution in [3.63, 3.8) is 0 Å². The van der Waals surface area contributed by atoms with Crippen molar-refractivity contribution in [3.05, 3.63) is 0 Å². The van der Waals surface area contributed by atoms with Crippen LogP contribution in [0.4, 0.5) is 0 Å². The molecule has 0 amide bonds.